The topological polar surface area (TPSA) is 44.4 Å². The highest BCUT2D eigenvalue weighted by Gasteiger charge is 2.04. The first-order chi connectivity index (χ1) is 11.5. The second-order valence-electron chi connectivity index (χ2n) is 6.01. The van der Waals surface area contributed by atoms with E-state index in [1.165, 1.54) is 0 Å². The number of carbonyl (C=O) groups excluding carboxylic acids is 1. The predicted molar refractivity (Wildman–Crippen MR) is 105 cm³/mol. The van der Waals surface area contributed by atoms with Gasteiger partial charge in [-0.3, -0.25) is 4.79 Å². The number of halogens is 1. The fourth-order valence-corrected chi connectivity index (χ4v) is 2.56. The molecule has 2 aromatic rings. The van der Waals surface area contributed by atoms with Crippen molar-refractivity contribution < 1.29 is 4.79 Å². The molecule has 0 saturated heterocycles. The van der Waals surface area contributed by atoms with Crippen molar-refractivity contribution in [3.8, 4) is 0 Å². The Kier molecular flexibility index (Phi) is 7.28. The normalized spacial score (nSPS) is 10.7. The van der Waals surface area contributed by atoms with Crippen LogP contribution < -0.4 is 10.6 Å². The Balaban J connectivity index is 1.78. The van der Waals surface area contributed by atoms with Crippen LogP contribution in [0.3, 0.4) is 0 Å². The zero-order chi connectivity index (χ0) is 17.4. The lowest BCUT2D eigenvalue weighted by atomic mass is 10.1. The van der Waals surface area contributed by atoms with Gasteiger partial charge in [-0.15, -0.1) is 0 Å². The SMILES string of the molecule is CN(C)CCCNc1ccc(NC(=O)Cc2ccc(Br)cc2)cc1. The lowest BCUT2D eigenvalue weighted by Crippen LogP contribution is -2.16. The van der Waals surface area contributed by atoms with Gasteiger partial charge in [-0.1, -0.05) is 28.1 Å². The van der Waals surface area contributed by atoms with E-state index in [9.17, 15) is 4.79 Å². The van der Waals surface area contributed by atoms with Crippen LogP contribution >= 0.6 is 15.9 Å². The summed E-state index contributed by atoms with van der Waals surface area (Å²) in [5, 5.41) is 6.31. The van der Waals surface area contributed by atoms with Gasteiger partial charge in [0.2, 0.25) is 5.91 Å². The van der Waals surface area contributed by atoms with E-state index in [0.29, 0.717) is 6.42 Å². The van der Waals surface area contributed by atoms with Crippen molar-refractivity contribution in [1.29, 1.82) is 0 Å². The smallest absolute Gasteiger partial charge is 0.228 e. The molecule has 0 aliphatic rings. The number of nitrogens with zero attached hydrogens (tertiary/aromatic N) is 1. The fourth-order valence-electron chi connectivity index (χ4n) is 2.29. The summed E-state index contributed by atoms with van der Waals surface area (Å²) >= 11 is 3.39. The Hall–Kier alpha value is -1.85. The van der Waals surface area contributed by atoms with Crippen molar-refractivity contribution in [3.05, 3.63) is 58.6 Å². The molecule has 0 spiro atoms. The number of carbonyl (C=O) groups is 1. The Labute approximate surface area is 152 Å². The van der Waals surface area contributed by atoms with Crippen LogP contribution in [0.15, 0.2) is 53.0 Å². The highest BCUT2D eigenvalue weighted by Crippen LogP contribution is 2.15. The number of anilines is 2. The summed E-state index contributed by atoms with van der Waals surface area (Å²) < 4.78 is 1.01. The molecule has 0 bridgehead atoms. The van der Waals surface area contributed by atoms with Gasteiger partial charge < -0.3 is 15.5 Å². The zero-order valence-corrected chi connectivity index (χ0v) is 15.8. The number of nitrogens with one attached hydrogen (secondary N) is 2. The number of hydrogen-bond donors (Lipinski definition) is 2. The molecule has 128 valence electrons. The van der Waals surface area contributed by atoms with Crippen molar-refractivity contribution in [3.63, 3.8) is 0 Å². The summed E-state index contributed by atoms with van der Waals surface area (Å²) in [5.74, 6) is -0.0102. The molecule has 5 heteroatoms. The van der Waals surface area contributed by atoms with Gasteiger partial charge in [0.25, 0.3) is 0 Å². The largest absolute Gasteiger partial charge is 0.385 e. The van der Waals surface area contributed by atoms with E-state index in [1.807, 2.05) is 48.5 Å². The van der Waals surface area contributed by atoms with Gasteiger partial charge in [0.1, 0.15) is 0 Å². The second kappa shape index (κ2) is 9.45. The average molecular weight is 390 g/mol. The van der Waals surface area contributed by atoms with Crippen LogP contribution in [-0.2, 0) is 11.2 Å². The van der Waals surface area contributed by atoms with E-state index < -0.39 is 0 Å². The number of amides is 1. The highest BCUT2D eigenvalue weighted by atomic mass is 79.9. The van der Waals surface area contributed by atoms with Crippen molar-refractivity contribution >= 4 is 33.2 Å². The van der Waals surface area contributed by atoms with Gasteiger partial charge in [-0.05, 0) is 69.0 Å². The molecule has 0 aliphatic carbocycles. The standard InChI is InChI=1S/C19H24BrN3O/c1-23(2)13-3-12-21-17-8-10-18(11-9-17)22-19(24)14-15-4-6-16(20)7-5-15/h4-11,21H,3,12-14H2,1-2H3,(H,22,24). The molecule has 1 amide bonds. The summed E-state index contributed by atoms with van der Waals surface area (Å²) in [4.78, 5) is 14.3. The van der Waals surface area contributed by atoms with Gasteiger partial charge >= 0.3 is 0 Å². The second-order valence-corrected chi connectivity index (χ2v) is 6.93. The number of rotatable bonds is 8. The quantitative estimate of drug-likeness (QED) is 0.670. The maximum absolute atomic E-state index is 12.1. The molecule has 0 saturated carbocycles. The molecule has 2 aromatic carbocycles. The van der Waals surface area contributed by atoms with E-state index in [-0.39, 0.29) is 5.91 Å². The van der Waals surface area contributed by atoms with Crippen LogP contribution in [0.5, 0.6) is 0 Å². The summed E-state index contributed by atoms with van der Waals surface area (Å²) in [6, 6.07) is 15.6. The Morgan fingerprint density at radius 1 is 1.00 bits per heavy atom. The van der Waals surface area contributed by atoms with Crippen molar-refractivity contribution in [2.45, 2.75) is 12.8 Å². The Morgan fingerprint density at radius 2 is 1.62 bits per heavy atom. The first-order valence-corrected chi connectivity index (χ1v) is 8.85. The fraction of sp³-hybridized carbons (Fsp3) is 0.316. The molecule has 0 fully saturated rings. The van der Waals surface area contributed by atoms with E-state index in [1.54, 1.807) is 0 Å². The van der Waals surface area contributed by atoms with E-state index >= 15 is 0 Å². The number of benzene rings is 2. The summed E-state index contributed by atoms with van der Waals surface area (Å²) in [7, 11) is 4.15. The molecule has 24 heavy (non-hydrogen) atoms. The van der Waals surface area contributed by atoms with Gasteiger partial charge in [-0.2, -0.15) is 0 Å². The minimum atomic E-state index is -0.0102. The van der Waals surface area contributed by atoms with Gasteiger partial charge in [0.05, 0.1) is 6.42 Å². The molecular formula is C19H24BrN3O. The zero-order valence-electron chi connectivity index (χ0n) is 14.2. The summed E-state index contributed by atoms with van der Waals surface area (Å²) in [5.41, 5.74) is 2.88. The van der Waals surface area contributed by atoms with Crippen molar-refractivity contribution in [1.82, 2.24) is 4.90 Å². The number of hydrogen-bond acceptors (Lipinski definition) is 3. The van der Waals surface area contributed by atoms with Crippen LogP contribution in [0.25, 0.3) is 0 Å². The van der Waals surface area contributed by atoms with Gasteiger partial charge in [-0.25, -0.2) is 0 Å². The molecule has 0 atom stereocenters. The maximum atomic E-state index is 12.1. The molecule has 0 heterocycles. The summed E-state index contributed by atoms with van der Waals surface area (Å²) in [6.07, 6.45) is 1.47. The van der Waals surface area contributed by atoms with Crippen LogP contribution in [0.4, 0.5) is 11.4 Å². The molecule has 0 unspecified atom stereocenters. The third-order valence-corrected chi connectivity index (χ3v) is 4.09. The van der Waals surface area contributed by atoms with Crippen LogP contribution in [0.1, 0.15) is 12.0 Å². The molecule has 0 aromatic heterocycles. The van der Waals surface area contributed by atoms with Crippen LogP contribution in [0.2, 0.25) is 0 Å². The monoisotopic (exact) mass is 389 g/mol. The van der Waals surface area contributed by atoms with Crippen LogP contribution in [-0.4, -0.2) is 38.0 Å². The highest BCUT2D eigenvalue weighted by molar-refractivity contribution is 9.10. The third-order valence-electron chi connectivity index (χ3n) is 3.56. The molecule has 0 aliphatic heterocycles. The lowest BCUT2D eigenvalue weighted by molar-refractivity contribution is -0.115. The maximum Gasteiger partial charge on any atom is 0.228 e. The van der Waals surface area contributed by atoms with E-state index in [0.717, 1.165) is 40.9 Å². The van der Waals surface area contributed by atoms with Crippen LogP contribution in [0, 0.1) is 0 Å². The predicted octanol–water partition coefficient (Wildman–Crippen LogP) is 3.99. The molecule has 2 N–H and O–H groups in total. The summed E-state index contributed by atoms with van der Waals surface area (Å²) in [6.45, 7) is 2.00. The van der Waals surface area contributed by atoms with Crippen molar-refractivity contribution in [2.75, 3.05) is 37.8 Å². The average Bonchev–Trinajstić information content (AvgIpc) is 2.55. The van der Waals surface area contributed by atoms with E-state index in [2.05, 4.69) is 45.6 Å². The first-order valence-electron chi connectivity index (χ1n) is 8.06. The molecule has 0 radical (unpaired) electrons. The molecule has 2 rings (SSSR count). The van der Waals surface area contributed by atoms with Crippen molar-refractivity contribution in [2.24, 2.45) is 0 Å². The molecule has 4 nitrogen and oxygen atoms in total. The first kappa shape index (κ1) is 18.5. The minimum absolute atomic E-state index is 0.0102. The Bertz CT molecular complexity index is 639. The van der Waals surface area contributed by atoms with Gasteiger partial charge in [0, 0.05) is 22.4 Å². The third kappa shape index (κ3) is 6.72. The minimum Gasteiger partial charge on any atom is -0.385 e. The Morgan fingerprint density at radius 3 is 2.25 bits per heavy atom. The lowest BCUT2D eigenvalue weighted by Gasteiger charge is -2.11. The van der Waals surface area contributed by atoms with E-state index in [4.69, 9.17) is 0 Å². The van der Waals surface area contributed by atoms with Gasteiger partial charge in [0.15, 0.2) is 0 Å². The molecular weight excluding hydrogens is 366 g/mol.